The first-order valence-corrected chi connectivity index (χ1v) is 13.9. The van der Waals surface area contributed by atoms with Crippen LogP contribution in [0.1, 0.15) is 56.1 Å². The fourth-order valence-corrected chi connectivity index (χ4v) is 7.07. The maximum absolute atomic E-state index is 13.1. The molecular formula is C25H39N3O3S. The molecule has 1 saturated carbocycles. The van der Waals surface area contributed by atoms with Gasteiger partial charge in [0.1, 0.15) is 0 Å². The first-order valence-electron chi connectivity index (χ1n) is 12.4. The highest BCUT2D eigenvalue weighted by Crippen LogP contribution is 2.27. The monoisotopic (exact) mass is 461 g/mol. The Hall–Kier alpha value is -1.44. The molecule has 2 saturated heterocycles. The lowest BCUT2D eigenvalue weighted by Gasteiger charge is -2.39. The number of hydrogen-bond acceptors (Lipinski definition) is 4. The molecule has 1 aromatic rings. The van der Waals surface area contributed by atoms with E-state index >= 15 is 0 Å². The van der Waals surface area contributed by atoms with E-state index in [9.17, 15) is 13.2 Å². The molecule has 0 unspecified atom stereocenters. The van der Waals surface area contributed by atoms with Gasteiger partial charge in [-0.15, -0.1) is 0 Å². The van der Waals surface area contributed by atoms with Gasteiger partial charge in [-0.3, -0.25) is 9.69 Å². The molecule has 2 aliphatic heterocycles. The summed E-state index contributed by atoms with van der Waals surface area (Å²) in [6.07, 6.45) is 8.10. The minimum Gasteiger partial charge on any atom is -0.340 e. The van der Waals surface area contributed by atoms with E-state index in [1.807, 2.05) is 24.8 Å². The predicted octanol–water partition coefficient (Wildman–Crippen LogP) is 3.43. The molecule has 0 radical (unpaired) electrons. The second-order valence-corrected chi connectivity index (χ2v) is 12.0. The Morgan fingerprint density at radius 1 is 0.875 bits per heavy atom. The van der Waals surface area contributed by atoms with Gasteiger partial charge in [0, 0.05) is 51.7 Å². The van der Waals surface area contributed by atoms with Crippen LogP contribution in [0, 0.1) is 25.7 Å². The Balaban J connectivity index is 1.26. The van der Waals surface area contributed by atoms with Crippen molar-refractivity contribution in [1.82, 2.24) is 14.1 Å². The number of rotatable bonds is 5. The standard InChI is InChI=1S/C25H39N3O3S/c1-20-8-9-24(18-21(20)2)32(30,31)28-12-10-23(11-13-28)25(29)27-16-14-26(15-17-27)19-22-6-4-3-5-7-22/h8-9,18,22-23H,3-7,10-17,19H2,1-2H3. The third-order valence-electron chi connectivity index (χ3n) is 7.84. The smallest absolute Gasteiger partial charge is 0.243 e. The topological polar surface area (TPSA) is 60.9 Å². The van der Waals surface area contributed by atoms with Crippen molar-refractivity contribution in [3.8, 4) is 0 Å². The lowest BCUT2D eigenvalue weighted by Crippen LogP contribution is -2.52. The molecule has 4 rings (SSSR count). The van der Waals surface area contributed by atoms with E-state index in [4.69, 9.17) is 0 Å². The van der Waals surface area contributed by atoms with Gasteiger partial charge in [-0.25, -0.2) is 8.42 Å². The van der Waals surface area contributed by atoms with Crippen molar-refractivity contribution < 1.29 is 13.2 Å². The van der Waals surface area contributed by atoms with Gasteiger partial charge in [0.05, 0.1) is 4.90 Å². The van der Waals surface area contributed by atoms with Crippen LogP contribution in [0.15, 0.2) is 23.1 Å². The zero-order valence-electron chi connectivity index (χ0n) is 19.8. The van der Waals surface area contributed by atoms with Crippen LogP contribution >= 0.6 is 0 Å². The molecule has 0 spiro atoms. The van der Waals surface area contributed by atoms with Gasteiger partial charge in [-0.05, 0) is 68.7 Å². The lowest BCUT2D eigenvalue weighted by atomic mass is 9.89. The van der Waals surface area contributed by atoms with Gasteiger partial charge in [0.2, 0.25) is 15.9 Å². The van der Waals surface area contributed by atoms with Gasteiger partial charge >= 0.3 is 0 Å². The molecule has 0 bridgehead atoms. The van der Waals surface area contributed by atoms with Crippen molar-refractivity contribution in [2.45, 2.75) is 63.7 Å². The molecule has 1 aliphatic carbocycles. The van der Waals surface area contributed by atoms with Crippen LogP contribution in [0.4, 0.5) is 0 Å². The quantitative estimate of drug-likeness (QED) is 0.674. The third kappa shape index (κ3) is 5.37. The summed E-state index contributed by atoms with van der Waals surface area (Å²) in [5, 5.41) is 0. The summed E-state index contributed by atoms with van der Waals surface area (Å²) in [7, 11) is -3.50. The highest BCUT2D eigenvalue weighted by molar-refractivity contribution is 7.89. The Bertz CT molecular complexity index is 895. The van der Waals surface area contributed by atoms with Gasteiger partial charge in [0.25, 0.3) is 0 Å². The van der Waals surface area contributed by atoms with E-state index in [0.717, 1.165) is 43.2 Å². The molecule has 0 atom stereocenters. The van der Waals surface area contributed by atoms with Gasteiger partial charge in [-0.2, -0.15) is 4.31 Å². The van der Waals surface area contributed by atoms with E-state index in [1.54, 1.807) is 16.4 Å². The third-order valence-corrected chi connectivity index (χ3v) is 9.74. The van der Waals surface area contributed by atoms with E-state index < -0.39 is 10.0 Å². The molecule has 1 aromatic carbocycles. The number of aryl methyl sites for hydroxylation is 2. The van der Waals surface area contributed by atoms with E-state index in [2.05, 4.69) is 4.90 Å². The number of benzene rings is 1. The summed E-state index contributed by atoms with van der Waals surface area (Å²) in [6, 6.07) is 5.32. The van der Waals surface area contributed by atoms with Crippen molar-refractivity contribution in [1.29, 1.82) is 0 Å². The molecule has 6 nitrogen and oxygen atoms in total. The normalized spacial score (nSPS) is 22.9. The van der Waals surface area contributed by atoms with Crippen LogP contribution in [0.25, 0.3) is 0 Å². The Kier molecular flexibility index (Phi) is 7.58. The largest absolute Gasteiger partial charge is 0.340 e. The van der Waals surface area contributed by atoms with Crippen molar-refractivity contribution in [2.24, 2.45) is 11.8 Å². The molecule has 3 fully saturated rings. The number of hydrogen-bond donors (Lipinski definition) is 0. The van der Waals surface area contributed by atoms with Gasteiger partial charge in [0.15, 0.2) is 0 Å². The number of sulfonamides is 1. The van der Waals surface area contributed by atoms with Crippen molar-refractivity contribution >= 4 is 15.9 Å². The number of amides is 1. The maximum Gasteiger partial charge on any atom is 0.243 e. The van der Waals surface area contributed by atoms with Gasteiger partial charge in [-0.1, -0.05) is 25.3 Å². The van der Waals surface area contributed by atoms with Crippen molar-refractivity contribution in [3.63, 3.8) is 0 Å². The molecular weight excluding hydrogens is 422 g/mol. The van der Waals surface area contributed by atoms with Gasteiger partial charge < -0.3 is 4.90 Å². The summed E-state index contributed by atoms with van der Waals surface area (Å²) in [4.78, 5) is 18.0. The minimum absolute atomic E-state index is 0.0499. The predicted molar refractivity (Wildman–Crippen MR) is 127 cm³/mol. The second-order valence-electron chi connectivity index (χ2n) is 10.1. The van der Waals surface area contributed by atoms with E-state index in [-0.39, 0.29) is 11.8 Å². The van der Waals surface area contributed by atoms with Crippen molar-refractivity contribution in [2.75, 3.05) is 45.8 Å². The molecule has 7 heteroatoms. The first kappa shape index (κ1) is 23.7. The summed E-state index contributed by atoms with van der Waals surface area (Å²) >= 11 is 0. The highest BCUT2D eigenvalue weighted by Gasteiger charge is 2.35. The Morgan fingerprint density at radius 3 is 2.16 bits per heavy atom. The number of carbonyl (C=O) groups excluding carboxylic acids is 1. The number of piperidine rings is 1. The van der Waals surface area contributed by atoms with Crippen LogP contribution in [-0.4, -0.2) is 74.2 Å². The molecule has 178 valence electrons. The zero-order chi connectivity index (χ0) is 22.7. The van der Waals surface area contributed by atoms with Crippen LogP contribution in [0.5, 0.6) is 0 Å². The molecule has 0 aromatic heterocycles. The molecule has 0 N–H and O–H groups in total. The summed E-state index contributed by atoms with van der Waals surface area (Å²) in [5.41, 5.74) is 2.07. The zero-order valence-corrected chi connectivity index (χ0v) is 20.6. The Morgan fingerprint density at radius 2 is 1.53 bits per heavy atom. The van der Waals surface area contributed by atoms with Crippen LogP contribution in [0.3, 0.4) is 0 Å². The molecule has 32 heavy (non-hydrogen) atoms. The SMILES string of the molecule is Cc1ccc(S(=O)(=O)N2CCC(C(=O)N3CCN(CC4CCCCC4)CC3)CC2)cc1C. The van der Waals surface area contributed by atoms with Crippen LogP contribution in [-0.2, 0) is 14.8 Å². The lowest BCUT2D eigenvalue weighted by molar-refractivity contribution is -0.138. The van der Waals surface area contributed by atoms with E-state index in [1.165, 1.54) is 38.6 Å². The minimum atomic E-state index is -3.50. The van der Waals surface area contributed by atoms with Crippen molar-refractivity contribution in [3.05, 3.63) is 29.3 Å². The Labute approximate surface area is 194 Å². The van der Waals surface area contributed by atoms with Crippen LogP contribution < -0.4 is 0 Å². The summed E-state index contributed by atoms with van der Waals surface area (Å²) in [6.45, 7) is 9.54. The van der Waals surface area contributed by atoms with Crippen LogP contribution in [0.2, 0.25) is 0 Å². The maximum atomic E-state index is 13.1. The van der Waals surface area contributed by atoms with E-state index in [0.29, 0.717) is 30.8 Å². The molecule has 3 aliphatic rings. The number of carbonyl (C=O) groups is 1. The molecule has 2 heterocycles. The highest BCUT2D eigenvalue weighted by atomic mass is 32.2. The number of nitrogens with zero attached hydrogens (tertiary/aromatic N) is 3. The summed E-state index contributed by atoms with van der Waals surface area (Å²) < 4.78 is 27.7. The fraction of sp³-hybridized carbons (Fsp3) is 0.720. The number of piperazine rings is 1. The average molecular weight is 462 g/mol. The molecule has 1 amide bonds. The average Bonchev–Trinajstić information content (AvgIpc) is 2.81. The summed E-state index contributed by atoms with van der Waals surface area (Å²) in [5.74, 6) is 1.02. The first-order chi connectivity index (χ1) is 15.3. The fourth-order valence-electron chi connectivity index (χ4n) is 5.51. The second kappa shape index (κ2) is 10.2.